The van der Waals surface area contributed by atoms with Gasteiger partial charge in [0.1, 0.15) is 0 Å². The maximum atomic E-state index is 4.36. The van der Waals surface area contributed by atoms with E-state index in [0.717, 1.165) is 13.0 Å². The molecular weight excluding hydrogens is 266 g/mol. The van der Waals surface area contributed by atoms with E-state index in [1.807, 2.05) is 5.51 Å². The van der Waals surface area contributed by atoms with E-state index in [2.05, 4.69) is 42.9 Å². The molecule has 1 saturated heterocycles. The van der Waals surface area contributed by atoms with Crippen molar-refractivity contribution < 1.29 is 0 Å². The van der Waals surface area contributed by atoms with Crippen LogP contribution in [0.3, 0.4) is 0 Å². The van der Waals surface area contributed by atoms with Gasteiger partial charge in [-0.2, -0.15) is 0 Å². The highest BCUT2D eigenvalue weighted by Crippen LogP contribution is 2.19. The Bertz CT molecular complexity index is 408. The first-order valence-electron chi connectivity index (χ1n) is 7.84. The fourth-order valence-corrected chi connectivity index (χ4v) is 3.59. The summed E-state index contributed by atoms with van der Waals surface area (Å²) in [5.41, 5.74) is 3.41. The highest BCUT2D eigenvalue weighted by molar-refractivity contribution is 7.09. The zero-order valence-corrected chi connectivity index (χ0v) is 14.2. The van der Waals surface area contributed by atoms with Crippen LogP contribution < -0.4 is 5.32 Å². The fourth-order valence-electron chi connectivity index (χ4n) is 2.82. The van der Waals surface area contributed by atoms with Crippen LogP contribution in [-0.2, 0) is 6.42 Å². The van der Waals surface area contributed by atoms with Gasteiger partial charge >= 0.3 is 0 Å². The number of aromatic nitrogens is 1. The van der Waals surface area contributed by atoms with Gasteiger partial charge in [0.25, 0.3) is 0 Å². The Balaban J connectivity index is 1.85. The number of likely N-dealkylation sites (tertiary alicyclic amines) is 1. The van der Waals surface area contributed by atoms with E-state index in [0.29, 0.717) is 6.04 Å². The van der Waals surface area contributed by atoms with Gasteiger partial charge < -0.3 is 5.32 Å². The first kappa shape index (κ1) is 15.9. The molecule has 3 nitrogen and oxygen atoms in total. The second-order valence-corrected chi connectivity index (χ2v) is 7.87. The number of hydrogen-bond donors (Lipinski definition) is 1. The summed E-state index contributed by atoms with van der Waals surface area (Å²) in [7, 11) is 0. The lowest BCUT2D eigenvalue weighted by molar-refractivity contribution is 0.140. The molecule has 20 heavy (non-hydrogen) atoms. The van der Waals surface area contributed by atoms with Gasteiger partial charge in [-0.25, -0.2) is 4.98 Å². The summed E-state index contributed by atoms with van der Waals surface area (Å²) in [4.78, 5) is 8.49. The highest BCUT2D eigenvalue weighted by Gasteiger charge is 2.23. The van der Waals surface area contributed by atoms with Crippen LogP contribution in [0.15, 0.2) is 5.51 Å². The molecule has 4 heteroatoms. The van der Waals surface area contributed by atoms with Crippen LogP contribution in [-0.4, -0.2) is 41.1 Å². The molecule has 0 amide bonds. The molecule has 1 aromatic heterocycles. The van der Waals surface area contributed by atoms with Gasteiger partial charge in [-0.15, -0.1) is 11.3 Å². The maximum absolute atomic E-state index is 4.36. The van der Waals surface area contributed by atoms with Crippen LogP contribution in [0.5, 0.6) is 0 Å². The lowest BCUT2D eigenvalue weighted by Gasteiger charge is -2.37. The number of aryl methyl sites for hydroxylation is 1. The summed E-state index contributed by atoms with van der Waals surface area (Å²) in [5, 5.41) is 3.67. The third-order valence-corrected chi connectivity index (χ3v) is 5.08. The molecule has 1 aromatic rings. The molecule has 0 radical (unpaired) electrons. The molecule has 1 aliphatic heterocycles. The van der Waals surface area contributed by atoms with Crippen molar-refractivity contribution >= 4 is 11.3 Å². The molecule has 114 valence electrons. The van der Waals surface area contributed by atoms with Gasteiger partial charge in [-0.05, 0) is 53.5 Å². The van der Waals surface area contributed by atoms with Crippen LogP contribution in [0.2, 0.25) is 0 Å². The topological polar surface area (TPSA) is 28.2 Å². The fraction of sp³-hybridized carbons (Fsp3) is 0.812. The number of rotatable bonds is 5. The summed E-state index contributed by atoms with van der Waals surface area (Å²) in [5.74, 6) is 0. The lowest BCUT2D eigenvalue weighted by Crippen LogP contribution is -2.50. The zero-order valence-electron chi connectivity index (χ0n) is 13.4. The molecule has 0 aliphatic carbocycles. The Morgan fingerprint density at radius 3 is 2.85 bits per heavy atom. The van der Waals surface area contributed by atoms with E-state index in [9.17, 15) is 0 Å². The van der Waals surface area contributed by atoms with E-state index in [4.69, 9.17) is 0 Å². The van der Waals surface area contributed by atoms with Gasteiger partial charge in [0.2, 0.25) is 0 Å². The van der Waals surface area contributed by atoms with Crippen molar-refractivity contribution in [2.45, 2.75) is 65.0 Å². The molecule has 0 spiro atoms. The van der Waals surface area contributed by atoms with Gasteiger partial charge in [0, 0.05) is 29.5 Å². The SMILES string of the molecule is Cc1ncsc1CCN1CCCCC1CNC(C)(C)C. The average molecular weight is 295 g/mol. The first-order chi connectivity index (χ1) is 9.46. The third kappa shape index (κ3) is 4.83. The molecular formula is C16H29N3S. The number of nitrogens with zero attached hydrogens (tertiary/aromatic N) is 2. The van der Waals surface area contributed by atoms with E-state index >= 15 is 0 Å². The van der Waals surface area contributed by atoms with E-state index in [1.165, 1.54) is 42.9 Å². The molecule has 1 atom stereocenters. The molecule has 2 heterocycles. The van der Waals surface area contributed by atoms with Crippen molar-refractivity contribution in [2.24, 2.45) is 0 Å². The highest BCUT2D eigenvalue weighted by atomic mass is 32.1. The summed E-state index contributed by atoms with van der Waals surface area (Å²) in [6.07, 6.45) is 5.23. The molecule has 1 fully saturated rings. The Morgan fingerprint density at radius 2 is 2.20 bits per heavy atom. The number of hydrogen-bond acceptors (Lipinski definition) is 4. The van der Waals surface area contributed by atoms with Crippen LogP contribution >= 0.6 is 11.3 Å². The first-order valence-corrected chi connectivity index (χ1v) is 8.72. The van der Waals surface area contributed by atoms with Gasteiger partial charge in [-0.3, -0.25) is 4.90 Å². The van der Waals surface area contributed by atoms with Crippen LogP contribution in [0.4, 0.5) is 0 Å². The normalized spacial score (nSPS) is 21.3. The van der Waals surface area contributed by atoms with Gasteiger partial charge in [-0.1, -0.05) is 6.42 Å². The van der Waals surface area contributed by atoms with E-state index in [1.54, 1.807) is 11.3 Å². The number of piperidine rings is 1. The minimum Gasteiger partial charge on any atom is -0.311 e. The standard InChI is InChI=1S/C16H29N3S/c1-13-15(20-12-17-13)8-10-19-9-6-5-7-14(19)11-18-16(2,3)4/h12,14,18H,5-11H2,1-4H3. The minimum atomic E-state index is 0.220. The summed E-state index contributed by atoms with van der Waals surface area (Å²) >= 11 is 1.80. The molecule has 0 saturated carbocycles. The van der Waals surface area contributed by atoms with E-state index < -0.39 is 0 Å². The van der Waals surface area contributed by atoms with Crippen molar-refractivity contribution in [1.29, 1.82) is 0 Å². The number of thiazole rings is 1. The van der Waals surface area contributed by atoms with Gasteiger partial charge in [0.15, 0.2) is 0 Å². The second kappa shape index (κ2) is 7.01. The largest absolute Gasteiger partial charge is 0.311 e. The van der Waals surface area contributed by atoms with Crippen LogP contribution in [0.25, 0.3) is 0 Å². The predicted octanol–water partition coefficient (Wildman–Crippen LogP) is 3.24. The Labute approximate surface area is 127 Å². The summed E-state index contributed by atoms with van der Waals surface area (Å²) in [6, 6.07) is 0.705. The lowest BCUT2D eigenvalue weighted by atomic mass is 10.00. The van der Waals surface area contributed by atoms with E-state index in [-0.39, 0.29) is 5.54 Å². The quantitative estimate of drug-likeness (QED) is 0.904. The Hall–Kier alpha value is -0.450. The minimum absolute atomic E-state index is 0.220. The monoisotopic (exact) mass is 295 g/mol. The van der Waals surface area contributed by atoms with Crippen molar-refractivity contribution in [3.05, 3.63) is 16.1 Å². The van der Waals surface area contributed by atoms with Crippen molar-refractivity contribution in [3.63, 3.8) is 0 Å². The average Bonchev–Trinajstić information content (AvgIpc) is 2.79. The molecule has 1 N–H and O–H groups in total. The van der Waals surface area contributed by atoms with Crippen molar-refractivity contribution in [2.75, 3.05) is 19.6 Å². The summed E-state index contributed by atoms with van der Waals surface area (Å²) < 4.78 is 0. The smallest absolute Gasteiger partial charge is 0.0797 e. The second-order valence-electron chi connectivity index (χ2n) is 6.93. The Kier molecular flexibility index (Phi) is 5.58. The molecule has 1 unspecified atom stereocenters. The molecule has 0 aromatic carbocycles. The third-order valence-electron chi connectivity index (χ3n) is 4.09. The van der Waals surface area contributed by atoms with Gasteiger partial charge in [0.05, 0.1) is 11.2 Å². The van der Waals surface area contributed by atoms with Crippen LogP contribution in [0, 0.1) is 6.92 Å². The predicted molar refractivity (Wildman–Crippen MR) is 87.5 cm³/mol. The van der Waals surface area contributed by atoms with Crippen molar-refractivity contribution in [1.82, 2.24) is 15.2 Å². The summed E-state index contributed by atoms with van der Waals surface area (Å²) in [6.45, 7) is 12.4. The number of nitrogens with one attached hydrogen (secondary N) is 1. The molecule has 0 bridgehead atoms. The maximum Gasteiger partial charge on any atom is 0.0797 e. The van der Waals surface area contributed by atoms with Crippen LogP contribution in [0.1, 0.15) is 50.6 Å². The molecule has 1 aliphatic rings. The van der Waals surface area contributed by atoms with Crippen molar-refractivity contribution in [3.8, 4) is 0 Å². The molecule has 2 rings (SSSR count). The Morgan fingerprint density at radius 1 is 1.40 bits per heavy atom. The zero-order chi connectivity index (χ0) is 14.6.